The number of aromatic nitrogens is 4. The summed E-state index contributed by atoms with van der Waals surface area (Å²) in [5, 5.41) is 12.3. The highest BCUT2D eigenvalue weighted by molar-refractivity contribution is 7.98. The summed E-state index contributed by atoms with van der Waals surface area (Å²) in [5.41, 5.74) is 0.895. The average molecular weight is 451 g/mol. The Balaban J connectivity index is 1.67. The maximum Gasteiger partial charge on any atom is 0.224 e. The van der Waals surface area contributed by atoms with Crippen molar-refractivity contribution in [1.82, 2.24) is 25.1 Å². The third kappa shape index (κ3) is 5.40. The van der Waals surface area contributed by atoms with Crippen LogP contribution in [0.25, 0.3) is 11.0 Å². The van der Waals surface area contributed by atoms with Gasteiger partial charge >= 0.3 is 0 Å². The third-order valence-corrected chi connectivity index (χ3v) is 5.28. The second-order valence-electron chi connectivity index (χ2n) is 7.17. The maximum atomic E-state index is 13.9. The lowest BCUT2D eigenvalue weighted by Crippen LogP contribution is -2.29. The van der Waals surface area contributed by atoms with Crippen molar-refractivity contribution in [2.45, 2.75) is 32.0 Å². The predicted molar refractivity (Wildman–Crippen MR) is 119 cm³/mol. The van der Waals surface area contributed by atoms with Crippen LogP contribution in [0.5, 0.6) is 0 Å². The van der Waals surface area contributed by atoms with Crippen molar-refractivity contribution in [3.8, 4) is 0 Å². The first-order chi connectivity index (χ1) is 14.4. The van der Waals surface area contributed by atoms with E-state index in [1.807, 2.05) is 6.26 Å². The number of nitrogens with one attached hydrogen (secondary N) is 2. The van der Waals surface area contributed by atoms with Gasteiger partial charge in [0, 0.05) is 23.7 Å². The van der Waals surface area contributed by atoms with Crippen LogP contribution in [0.2, 0.25) is 5.02 Å². The van der Waals surface area contributed by atoms with Crippen LogP contribution in [0.15, 0.2) is 29.6 Å². The van der Waals surface area contributed by atoms with Gasteiger partial charge < -0.3 is 10.6 Å². The number of fused-ring (bicyclic) bond motifs is 1. The summed E-state index contributed by atoms with van der Waals surface area (Å²) in [7, 11) is 0. The molecule has 160 valence electrons. The highest BCUT2D eigenvalue weighted by atomic mass is 35.5. The van der Waals surface area contributed by atoms with Gasteiger partial charge in [0.1, 0.15) is 11.6 Å². The quantitative estimate of drug-likeness (QED) is 0.381. The van der Waals surface area contributed by atoms with Crippen molar-refractivity contribution in [3.63, 3.8) is 0 Å². The van der Waals surface area contributed by atoms with Crippen molar-refractivity contribution < 1.29 is 9.18 Å². The lowest BCUT2D eigenvalue weighted by molar-refractivity contribution is -0.120. The van der Waals surface area contributed by atoms with Gasteiger partial charge in [-0.15, -0.1) is 0 Å². The Kier molecular flexibility index (Phi) is 7.49. The monoisotopic (exact) mass is 450 g/mol. The lowest BCUT2D eigenvalue weighted by atomic mass is 10.1. The molecule has 30 heavy (non-hydrogen) atoms. The van der Waals surface area contributed by atoms with Crippen molar-refractivity contribution >= 4 is 46.1 Å². The van der Waals surface area contributed by atoms with Gasteiger partial charge in [-0.25, -0.2) is 19.0 Å². The van der Waals surface area contributed by atoms with E-state index in [0.29, 0.717) is 29.8 Å². The number of halogens is 2. The SMILES string of the molecule is CSc1nc(NCC(C)C)c2cnn(CCNC(=O)Cc3c(F)cccc3Cl)c2n1. The minimum absolute atomic E-state index is 0.118. The van der Waals surface area contributed by atoms with Gasteiger partial charge in [0.25, 0.3) is 0 Å². The minimum Gasteiger partial charge on any atom is -0.369 e. The number of anilines is 1. The second kappa shape index (κ2) is 10.1. The topological polar surface area (TPSA) is 84.7 Å². The van der Waals surface area contributed by atoms with Crippen LogP contribution in [-0.2, 0) is 17.8 Å². The van der Waals surface area contributed by atoms with Crippen LogP contribution in [0.4, 0.5) is 10.2 Å². The molecule has 7 nitrogen and oxygen atoms in total. The van der Waals surface area contributed by atoms with Gasteiger partial charge in [0.15, 0.2) is 10.8 Å². The van der Waals surface area contributed by atoms with Crippen molar-refractivity contribution in [1.29, 1.82) is 0 Å². The summed E-state index contributed by atoms with van der Waals surface area (Å²) in [4.78, 5) is 21.3. The predicted octanol–water partition coefficient (Wildman–Crippen LogP) is 3.77. The van der Waals surface area contributed by atoms with Crippen molar-refractivity contribution in [2.24, 2.45) is 5.92 Å². The maximum absolute atomic E-state index is 13.9. The minimum atomic E-state index is -0.488. The van der Waals surface area contributed by atoms with Crippen LogP contribution in [0.1, 0.15) is 19.4 Å². The molecule has 1 aromatic carbocycles. The molecule has 0 unspecified atom stereocenters. The van der Waals surface area contributed by atoms with Gasteiger partial charge in [0.2, 0.25) is 5.91 Å². The number of rotatable bonds is 9. The molecule has 0 saturated carbocycles. The summed E-state index contributed by atoms with van der Waals surface area (Å²) < 4.78 is 15.6. The first kappa shape index (κ1) is 22.3. The molecule has 3 rings (SSSR count). The van der Waals surface area contributed by atoms with E-state index < -0.39 is 5.82 Å². The van der Waals surface area contributed by atoms with E-state index in [1.165, 1.54) is 23.9 Å². The summed E-state index contributed by atoms with van der Waals surface area (Å²) in [6, 6.07) is 4.37. The Labute approximate surface area is 183 Å². The average Bonchev–Trinajstić information content (AvgIpc) is 3.12. The van der Waals surface area contributed by atoms with E-state index in [1.54, 1.807) is 16.9 Å². The highest BCUT2D eigenvalue weighted by Crippen LogP contribution is 2.23. The first-order valence-corrected chi connectivity index (χ1v) is 11.2. The molecular formula is C20H24ClFN6OS. The molecule has 0 aliphatic carbocycles. The molecule has 0 saturated heterocycles. The Hall–Kier alpha value is -2.39. The van der Waals surface area contributed by atoms with Gasteiger partial charge in [-0.05, 0) is 24.3 Å². The Morgan fingerprint density at radius 3 is 2.83 bits per heavy atom. The summed E-state index contributed by atoms with van der Waals surface area (Å²) >= 11 is 7.44. The summed E-state index contributed by atoms with van der Waals surface area (Å²) in [5.74, 6) is 0.430. The van der Waals surface area contributed by atoms with Crippen LogP contribution in [-0.4, -0.2) is 45.0 Å². The Morgan fingerprint density at radius 2 is 2.13 bits per heavy atom. The molecule has 0 radical (unpaired) electrons. The molecule has 3 aromatic rings. The van der Waals surface area contributed by atoms with Gasteiger partial charge in [0.05, 0.1) is 24.5 Å². The molecule has 1 amide bonds. The number of amides is 1. The third-order valence-electron chi connectivity index (χ3n) is 4.38. The molecule has 0 aliphatic rings. The van der Waals surface area contributed by atoms with E-state index in [0.717, 1.165) is 17.7 Å². The molecule has 0 fully saturated rings. The molecule has 0 aliphatic heterocycles. The van der Waals surface area contributed by atoms with E-state index >= 15 is 0 Å². The fourth-order valence-electron chi connectivity index (χ4n) is 2.85. The fourth-order valence-corrected chi connectivity index (χ4v) is 3.44. The van der Waals surface area contributed by atoms with Gasteiger partial charge in [-0.2, -0.15) is 5.10 Å². The Bertz CT molecular complexity index is 1020. The smallest absolute Gasteiger partial charge is 0.224 e. The summed E-state index contributed by atoms with van der Waals surface area (Å²) in [6.07, 6.45) is 3.53. The first-order valence-electron chi connectivity index (χ1n) is 9.60. The van der Waals surface area contributed by atoms with Crippen molar-refractivity contribution in [3.05, 3.63) is 40.8 Å². The number of hydrogen-bond donors (Lipinski definition) is 2. The lowest BCUT2D eigenvalue weighted by Gasteiger charge is -2.11. The number of carbonyl (C=O) groups excluding carboxylic acids is 1. The normalized spacial score (nSPS) is 11.3. The van der Waals surface area contributed by atoms with Gasteiger partial charge in [-0.1, -0.05) is 43.3 Å². The number of benzene rings is 1. The second-order valence-corrected chi connectivity index (χ2v) is 8.35. The molecule has 2 aromatic heterocycles. The van der Waals surface area contributed by atoms with Crippen LogP contribution in [0.3, 0.4) is 0 Å². The van der Waals surface area contributed by atoms with Crippen LogP contribution in [0, 0.1) is 11.7 Å². The summed E-state index contributed by atoms with van der Waals surface area (Å²) in [6.45, 7) is 5.80. The van der Waals surface area contributed by atoms with E-state index in [2.05, 4.69) is 39.5 Å². The zero-order valence-corrected chi connectivity index (χ0v) is 18.6. The molecule has 0 bridgehead atoms. The van der Waals surface area contributed by atoms with Crippen LogP contribution >= 0.6 is 23.4 Å². The van der Waals surface area contributed by atoms with Crippen molar-refractivity contribution in [2.75, 3.05) is 24.7 Å². The molecule has 0 atom stereocenters. The highest BCUT2D eigenvalue weighted by Gasteiger charge is 2.14. The number of nitrogens with zero attached hydrogens (tertiary/aromatic N) is 4. The standard InChI is InChI=1S/C20H24ClFN6OS/c1-12(2)10-24-18-14-11-25-28(19(14)27-20(26-18)30-3)8-7-23-17(29)9-13-15(21)5-4-6-16(13)22/h4-6,11-12H,7-10H2,1-3H3,(H,23,29)(H,24,26,27). The largest absolute Gasteiger partial charge is 0.369 e. The van der Waals surface area contributed by atoms with E-state index in [-0.39, 0.29) is 22.9 Å². The number of thioether (sulfide) groups is 1. The fraction of sp³-hybridized carbons (Fsp3) is 0.400. The molecule has 10 heteroatoms. The molecule has 2 heterocycles. The molecule has 2 N–H and O–H groups in total. The van der Waals surface area contributed by atoms with Gasteiger partial charge in [-0.3, -0.25) is 4.79 Å². The van der Waals surface area contributed by atoms with E-state index in [9.17, 15) is 9.18 Å². The zero-order valence-electron chi connectivity index (χ0n) is 17.1. The van der Waals surface area contributed by atoms with Crippen LogP contribution < -0.4 is 10.6 Å². The zero-order chi connectivity index (χ0) is 21.7. The number of hydrogen-bond acceptors (Lipinski definition) is 6. The van der Waals surface area contributed by atoms with E-state index in [4.69, 9.17) is 11.6 Å². The molecule has 0 spiro atoms. The number of carbonyl (C=O) groups is 1. The molecular weight excluding hydrogens is 427 g/mol. The Morgan fingerprint density at radius 1 is 1.33 bits per heavy atom.